The van der Waals surface area contributed by atoms with Crippen molar-refractivity contribution in [2.24, 2.45) is 11.1 Å². The lowest BCUT2D eigenvalue weighted by molar-refractivity contribution is 0.0973. The van der Waals surface area contributed by atoms with Gasteiger partial charge in [-0.05, 0) is 32.3 Å². The number of aromatic nitrogens is 3. The third kappa shape index (κ3) is 4.10. The molecule has 11 heteroatoms. The lowest BCUT2D eigenvalue weighted by Crippen LogP contribution is -2.51. The van der Waals surface area contributed by atoms with Crippen LogP contribution in [0.25, 0.3) is 0 Å². The van der Waals surface area contributed by atoms with Crippen molar-refractivity contribution in [3.8, 4) is 5.75 Å². The lowest BCUT2D eigenvalue weighted by Gasteiger charge is -2.41. The van der Waals surface area contributed by atoms with Gasteiger partial charge < -0.3 is 34.9 Å². The number of anilines is 2. The van der Waals surface area contributed by atoms with Gasteiger partial charge in [-0.3, -0.25) is 0 Å². The van der Waals surface area contributed by atoms with Crippen molar-refractivity contribution in [3.05, 3.63) is 24.2 Å². The van der Waals surface area contributed by atoms with Gasteiger partial charge in [-0.1, -0.05) is 11.8 Å². The molecule has 2 aromatic heterocycles. The van der Waals surface area contributed by atoms with Crippen molar-refractivity contribution < 1.29 is 19.3 Å². The van der Waals surface area contributed by atoms with Gasteiger partial charge in [0.15, 0.2) is 17.4 Å². The minimum Gasteiger partial charge on any atom is -0.486 e. The van der Waals surface area contributed by atoms with Gasteiger partial charge in [0.1, 0.15) is 17.3 Å². The Labute approximate surface area is 215 Å². The van der Waals surface area contributed by atoms with Crippen molar-refractivity contribution in [1.29, 1.82) is 0 Å². The number of piperidine rings is 1. The number of aliphatic hydroxyl groups is 1. The van der Waals surface area contributed by atoms with Crippen LogP contribution in [-0.4, -0.2) is 84.3 Å². The van der Waals surface area contributed by atoms with Crippen LogP contribution in [0.4, 0.5) is 11.6 Å². The summed E-state index contributed by atoms with van der Waals surface area (Å²) in [6.07, 6.45) is 6.72. The van der Waals surface area contributed by atoms with E-state index in [4.69, 9.17) is 29.9 Å². The second-order valence-electron chi connectivity index (χ2n) is 10.3. The molecule has 1 spiro atoms. The van der Waals surface area contributed by atoms with Gasteiger partial charge in [0.05, 0.1) is 42.6 Å². The summed E-state index contributed by atoms with van der Waals surface area (Å²) in [6.45, 7) is 5.68. The molecular weight excluding hydrogens is 480 g/mol. The molecule has 3 N–H and O–H groups in total. The van der Waals surface area contributed by atoms with E-state index in [0.29, 0.717) is 17.3 Å². The van der Waals surface area contributed by atoms with E-state index in [9.17, 15) is 5.11 Å². The number of methoxy groups -OCH3 is 1. The van der Waals surface area contributed by atoms with Gasteiger partial charge in [-0.2, -0.15) is 0 Å². The van der Waals surface area contributed by atoms with E-state index in [1.165, 1.54) is 11.8 Å². The summed E-state index contributed by atoms with van der Waals surface area (Å²) in [6, 6.07) is 2.29. The van der Waals surface area contributed by atoms with Crippen molar-refractivity contribution in [2.45, 2.75) is 67.0 Å². The molecule has 10 nitrogen and oxygen atoms in total. The monoisotopic (exact) mass is 514 g/mol. The number of rotatable bonds is 5. The molecule has 6 rings (SSSR count). The Kier molecular flexibility index (Phi) is 6.45. The topological polar surface area (TPSA) is 119 Å². The van der Waals surface area contributed by atoms with E-state index in [2.05, 4.69) is 21.7 Å². The molecule has 3 saturated heterocycles. The summed E-state index contributed by atoms with van der Waals surface area (Å²) < 4.78 is 17.6. The molecule has 0 radical (unpaired) electrons. The number of ether oxygens (including phenoxy) is 3. The first-order valence-corrected chi connectivity index (χ1v) is 13.5. The molecule has 3 unspecified atom stereocenters. The SMILES string of the molecule is COC1CC2COc3c(Sc4cnc(N5CCC6(CC5)CO[C@@H](C)C6N)c(CO)n4)ccnc3N2C1. The molecule has 4 aliphatic heterocycles. The minimum atomic E-state index is -0.170. The molecule has 3 fully saturated rings. The third-order valence-corrected chi connectivity index (χ3v) is 9.27. The Hall–Kier alpha value is -2.18. The fourth-order valence-electron chi connectivity index (χ4n) is 6.05. The van der Waals surface area contributed by atoms with Crippen molar-refractivity contribution in [1.82, 2.24) is 15.0 Å². The van der Waals surface area contributed by atoms with Crippen LogP contribution >= 0.6 is 11.8 Å². The average molecular weight is 515 g/mol. The highest BCUT2D eigenvalue weighted by Gasteiger charge is 2.48. The Morgan fingerprint density at radius 1 is 1.28 bits per heavy atom. The normalized spacial score (nSPS) is 28.8. The number of fused-ring (bicyclic) bond motifs is 3. The van der Waals surface area contributed by atoms with Crippen LogP contribution in [0.15, 0.2) is 28.4 Å². The smallest absolute Gasteiger partial charge is 0.175 e. The van der Waals surface area contributed by atoms with E-state index in [1.54, 1.807) is 13.3 Å². The Balaban J connectivity index is 1.19. The quantitative estimate of drug-likeness (QED) is 0.608. The second-order valence-corrected chi connectivity index (χ2v) is 11.4. The molecule has 4 aliphatic rings. The van der Waals surface area contributed by atoms with Crippen LogP contribution in [0, 0.1) is 5.41 Å². The van der Waals surface area contributed by atoms with Gasteiger partial charge >= 0.3 is 0 Å². The predicted molar refractivity (Wildman–Crippen MR) is 136 cm³/mol. The number of nitrogens with zero attached hydrogens (tertiary/aromatic N) is 5. The Morgan fingerprint density at radius 2 is 2.11 bits per heavy atom. The molecule has 4 atom stereocenters. The molecule has 0 aliphatic carbocycles. The van der Waals surface area contributed by atoms with Crippen LogP contribution in [-0.2, 0) is 16.1 Å². The van der Waals surface area contributed by atoms with Crippen LogP contribution in [0.2, 0.25) is 0 Å². The summed E-state index contributed by atoms with van der Waals surface area (Å²) in [5, 5.41) is 10.8. The largest absolute Gasteiger partial charge is 0.486 e. The first-order valence-electron chi connectivity index (χ1n) is 12.7. The molecule has 194 valence electrons. The van der Waals surface area contributed by atoms with Gasteiger partial charge in [0, 0.05) is 44.4 Å². The first-order chi connectivity index (χ1) is 17.5. The number of aliphatic hydroxyl groups excluding tert-OH is 1. The zero-order valence-electron chi connectivity index (χ0n) is 20.8. The first kappa shape index (κ1) is 24.2. The van der Waals surface area contributed by atoms with Gasteiger partial charge in [0.25, 0.3) is 0 Å². The van der Waals surface area contributed by atoms with Crippen LogP contribution in [0.5, 0.6) is 5.75 Å². The number of pyridine rings is 1. The fourth-order valence-corrected chi connectivity index (χ4v) is 6.91. The van der Waals surface area contributed by atoms with Crippen LogP contribution in [0.3, 0.4) is 0 Å². The predicted octanol–water partition coefficient (Wildman–Crippen LogP) is 1.83. The minimum absolute atomic E-state index is 0.0383. The summed E-state index contributed by atoms with van der Waals surface area (Å²) in [5.41, 5.74) is 7.10. The maximum absolute atomic E-state index is 10.1. The molecule has 0 bridgehead atoms. The van der Waals surface area contributed by atoms with Crippen LogP contribution in [0.1, 0.15) is 31.9 Å². The lowest BCUT2D eigenvalue weighted by atomic mass is 9.73. The van der Waals surface area contributed by atoms with E-state index in [-0.39, 0.29) is 36.3 Å². The molecular formula is C25H34N6O4S. The highest BCUT2D eigenvalue weighted by Crippen LogP contribution is 2.45. The van der Waals surface area contributed by atoms with Crippen molar-refractivity contribution in [3.63, 3.8) is 0 Å². The number of hydrogen-bond acceptors (Lipinski definition) is 11. The van der Waals surface area contributed by atoms with E-state index in [0.717, 1.165) is 67.8 Å². The zero-order chi connectivity index (χ0) is 24.9. The highest BCUT2D eigenvalue weighted by molar-refractivity contribution is 7.99. The summed E-state index contributed by atoms with van der Waals surface area (Å²) in [7, 11) is 1.76. The van der Waals surface area contributed by atoms with Gasteiger partial charge in [-0.15, -0.1) is 0 Å². The zero-order valence-corrected chi connectivity index (χ0v) is 21.6. The van der Waals surface area contributed by atoms with E-state index in [1.807, 2.05) is 12.3 Å². The standard InChI is InChI=1S/C25H34N6O4S/c1-15-22(26)25(14-35-15)4-7-30(8-5-25)23-18(12-32)29-20(10-28-23)36-19-3-6-27-24-21(19)34-13-16-9-17(33-2)11-31(16)24/h3,6,10,15-17,22,32H,4-5,7-9,11-14,26H2,1-2H3/t15-,16?,17?,22?/m0/s1. The Bertz CT molecular complexity index is 1110. The second kappa shape index (κ2) is 9.60. The van der Waals surface area contributed by atoms with E-state index < -0.39 is 0 Å². The molecule has 36 heavy (non-hydrogen) atoms. The van der Waals surface area contributed by atoms with Crippen molar-refractivity contribution in [2.75, 3.05) is 49.8 Å². The molecule has 0 amide bonds. The maximum atomic E-state index is 10.1. The van der Waals surface area contributed by atoms with Crippen LogP contribution < -0.4 is 20.3 Å². The summed E-state index contributed by atoms with van der Waals surface area (Å²) in [4.78, 5) is 19.6. The molecule has 2 aromatic rings. The maximum Gasteiger partial charge on any atom is 0.175 e. The van der Waals surface area contributed by atoms with Crippen molar-refractivity contribution >= 4 is 23.4 Å². The molecule has 0 aromatic carbocycles. The number of nitrogens with two attached hydrogens (primary N) is 1. The summed E-state index contributed by atoms with van der Waals surface area (Å²) in [5.74, 6) is 2.38. The van der Waals surface area contributed by atoms with E-state index >= 15 is 0 Å². The molecule has 6 heterocycles. The Morgan fingerprint density at radius 3 is 2.83 bits per heavy atom. The van der Waals surface area contributed by atoms with Gasteiger partial charge in [0.2, 0.25) is 0 Å². The fraction of sp³-hybridized carbons (Fsp3) is 0.640. The summed E-state index contributed by atoms with van der Waals surface area (Å²) >= 11 is 1.48. The number of hydrogen-bond donors (Lipinski definition) is 2. The van der Waals surface area contributed by atoms with Gasteiger partial charge in [-0.25, -0.2) is 15.0 Å². The third-order valence-electron chi connectivity index (χ3n) is 8.32. The average Bonchev–Trinajstić information content (AvgIpc) is 3.46. The molecule has 0 saturated carbocycles. The highest BCUT2D eigenvalue weighted by atomic mass is 32.2.